The molecule has 1 saturated carbocycles. The Labute approximate surface area is 135 Å². The van der Waals surface area contributed by atoms with Gasteiger partial charge in [0, 0.05) is 12.8 Å². The number of hydrogen-bond acceptors (Lipinski definition) is 2. The van der Waals surface area contributed by atoms with Crippen LogP contribution in [-0.2, 0) is 4.79 Å². The van der Waals surface area contributed by atoms with E-state index in [9.17, 15) is 9.90 Å². The molecule has 0 aromatic carbocycles. The zero-order valence-corrected chi connectivity index (χ0v) is 14.5. The van der Waals surface area contributed by atoms with Gasteiger partial charge in [-0.1, -0.05) is 38.3 Å². The Kier molecular flexibility index (Phi) is 4.51. The minimum atomic E-state index is -0.165. The summed E-state index contributed by atoms with van der Waals surface area (Å²) in [6, 6.07) is 0. The van der Waals surface area contributed by atoms with Gasteiger partial charge >= 0.3 is 0 Å². The highest BCUT2D eigenvalue weighted by atomic mass is 16.3. The second-order valence-electron chi connectivity index (χ2n) is 8.14. The van der Waals surface area contributed by atoms with Gasteiger partial charge in [0.1, 0.15) is 5.78 Å². The average Bonchev–Trinajstić information content (AvgIpc) is 2.53. The third kappa shape index (κ3) is 2.48. The molecule has 0 heterocycles. The van der Waals surface area contributed by atoms with Gasteiger partial charge in [0.05, 0.1) is 6.10 Å². The molecule has 2 heteroatoms. The molecule has 3 aliphatic carbocycles. The van der Waals surface area contributed by atoms with Gasteiger partial charge in [0.25, 0.3) is 0 Å². The standard InChI is InChI=1S/C20H32O2/c1-4-18-17-8-6-13-12-14(21)7-9-15(13)16(17)10-11-20(18,3)19(22)5-2/h16-19,22H,4-12H2,1-3H3/t16-,17-,18+,19?,20+/m1/s1. The number of carbonyl (C=O) groups excluding carboxylic acids is 1. The lowest BCUT2D eigenvalue weighted by atomic mass is 9.51. The minimum Gasteiger partial charge on any atom is -0.393 e. The van der Waals surface area contributed by atoms with E-state index in [1.165, 1.54) is 24.8 Å². The van der Waals surface area contributed by atoms with E-state index >= 15 is 0 Å². The topological polar surface area (TPSA) is 37.3 Å². The van der Waals surface area contributed by atoms with Gasteiger partial charge in [-0.15, -0.1) is 0 Å². The number of hydrogen-bond donors (Lipinski definition) is 1. The summed E-state index contributed by atoms with van der Waals surface area (Å²) in [5.74, 6) is 2.52. The lowest BCUT2D eigenvalue weighted by Crippen LogP contribution is -2.49. The molecule has 3 aliphatic rings. The van der Waals surface area contributed by atoms with Crippen LogP contribution >= 0.6 is 0 Å². The van der Waals surface area contributed by atoms with Crippen LogP contribution in [0.3, 0.4) is 0 Å². The fourth-order valence-corrected chi connectivity index (χ4v) is 6.05. The summed E-state index contributed by atoms with van der Waals surface area (Å²) in [6.07, 6.45) is 9.16. The third-order valence-corrected chi connectivity index (χ3v) is 7.23. The first-order valence-electron chi connectivity index (χ1n) is 9.41. The molecule has 1 N–H and O–H groups in total. The molecule has 2 nitrogen and oxygen atoms in total. The van der Waals surface area contributed by atoms with Gasteiger partial charge in [-0.2, -0.15) is 0 Å². The molecule has 1 unspecified atom stereocenters. The fraction of sp³-hybridized carbons (Fsp3) is 0.850. The van der Waals surface area contributed by atoms with Gasteiger partial charge in [-0.05, 0) is 61.7 Å². The van der Waals surface area contributed by atoms with E-state index in [0.29, 0.717) is 17.6 Å². The molecular weight excluding hydrogens is 272 g/mol. The molecule has 0 aromatic rings. The van der Waals surface area contributed by atoms with E-state index in [1.54, 1.807) is 5.57 Å². The van der Waals surface area contributed by atoms with Gasteiger partial charge in [-0.25, -0.2) is 0 Å². The van der Waals surface area contributed by atoms with Crippen molar-refractivity contribution in [1.82, 2.24) is 0 Å². The van der Waals surface area contributed by atoms with E-state index in [4.69, 9.17) is 0 Å². The van der Waals surface area contributed by atoms with Crippen molar-refractivity contribution in [3.8, 4) is 0 Å². The molecule has 1 fully saturated rings. The van der Waals surface area contributed by atoms with Crippen LogP contribution in [0.1, 0.15) is 78.6 Å². The molecule has 0 aromatic heterocycles. The lowest BCUT2D eigenvalue weighted by Gasteiger charge is -2.54. The Morgan fingerprint density at radius 1 is 1.23 bits per heavy atom. The van der Waals surface area contributed by atoms with Crippen molar-refractivity contribution in [1.29, 1.82) is 0 Å². The number of aliphatic hydroxyl groups is 1. The number of Topliss-reactive ketones (excluding diaryl/α,β-unsaturated/α-hetero) is 1. The fourth-order valence-electron chi connectivity index (χ4n) is 6.05. The number of carbonyl (C=O) groups is 1. The van der Waals surface area contributed by atoms with E-state index in [1.807, 2.05) is 0 Å². The third-order valence-electron chi connectivity index (χ3n) is 7.23. The molecule has 0 saturated heterocycles. The van der Waals surface area contributed by atoms with Crippen molar-refractivity contribution in [3.05, 3.63) is 11.1 Å². The second-order valence-corrected chi connectivity index (χ2v) is 8.14. The van der Waals surface area contributed by atoms with Crippen molar-refractivity contribution in [2.24, 2.45) is 23.2 Å². The van der Waals surface area contributed by atoms with E-state index in [0.717, 1.165) is 44.4 Å². The molecule has 0 spiro atoms. The maximum absolute atomic E-state index is 11.8. The number of ketones is 1. The maximum atomic E-state index is 11.8. The minimum absolute atomic E-state index is 0.0905. The molecule has 22 heavy (non-hydrogen) atoms. The quantitative estimate of drug-likeness (QED) is 0.770. The van der Waals surface area contributed by atoms with Crippen LogP contribution in [0.25, 0.3) is 0 Å². The molecular formula is C20H32O2. The molecule has 0 radical (unpaired) electrons. The molecule has 0 bridgehead atoms. The highest BCUT2D eigenvalue weighted by Gasteiger charge is 2.50. The van der Waals surface area contributed by atoms with E-state index < -0.39 is 0 Å². The smallest absolute Gasteiger partial charge is 0.137 e. The Balaban J connectivity index is 1.88. The summed E-state index contributed by atoms with van der Waals surface area (Å²) < 4.78 is 0. The van der Waals surface area contributed by atoms with Crippen LogP contribution in [0, 0.1) is 23.2 Å². The Morgan fingerprint density at radius 2 is 2.00 bits per heavy atom. The predicted molar refractivity (Wildman–Crippen MR) is 89.5 cm³/mol. The van der Waals surface area contributed by atoms with Gasteiger partial charge in [0.15, 0.2) is 0 Å². The molecule has 0 amide bonds. The summed E-state index contributed by atoms with van der Waals surface area (Å²) >= 11 is 0. The summed E-state index contributed by atoms with van der Waals surface area (Å²) in [6.45, 7) is 6.75. The summed E-state index contributed by atoms with van der Waals surface area (Å²) in [7, 11) is 0. The first-order chi connectivity index (χ1) is 10.5. The van der Waals surface area contributed by atoms with Crippen LogP contribution in [0.2, 0.25) is 0 Å². The van der Waals surface area contributed by atoms with Gasteiger partial charge in [-0.3, -0.25) is 4.79 Å². The highest BCUT2D eigenvalue weighted by Crippen LogP contribution is 2.57. The van der Waals surface area contributed by atoms with E-state index in [-0.39, 0.29) is 11.5 Å². The van der Waals surface area contributed by atoms with Crippen LogP contribution in [-0.4, -0.2) is 17.0 Å². The summed E-state index contributed by atoms with van der Waals surface area (Å²) in [5.41, 5.74) is 3.24. The first kappa shape index (κ1) is 16.2. The van der Waals surface area contributed by atoms with Crippen molar-refractivity contribution >= 4 is 5.78 Å². The van der Waals surface area contributed by atoms with Crippen molar-refractivity contribution in [2.45, 2.75) is 84.7 Å². The van der Waals surface area contributed by atoms with Crippen molar-refractivity contribution in [2.75, 3.05) is 0 Å². The van der Waals surface area contributed by atoms with Crippen LogP contribution in [0.5, 0.6) is 0 Å². The Bertz CT molecular complexity index is 478. The van der Waals surface area contributed by atoms with Crippen LogP contribution in [0.15, 0.2) is 11.1 Å². The highest BCUT2D eigenvalue weighted by molar-refractivity contribution is 5.82. The monoisotopic (exact) mass is 304 g/mol. The molecule has 124 valence electrons. The van der Waals surface area contributed by atoms with Crippen molar-refractivity contribution < 1.29 is 9.90 Å². The van der Waals surface area contributed by atoms with E-state index in [2.05, 4.69) is 20.8 Å². The zero-order valence-electron chi connectivity index (χ0n) is 14.5. The summed E-state index contributed by atoms with van der Waals surface area (Å²) in [5, 5.41) is 10.6. The normalized spacial score (nSPS) is 40.2. The second kappa shape index (κ2) is 6.11. The first-order valence-corrected chi connectivity index (χ1v) is 9.41. The Hall–Kier alpha value is -0.630. The van der Waals surface area contributed by atoms with Gasteiger partial charge in [0.2, 0.25) is 0 Å². The zero-order chi connectivity index (χ0) is 15.9. The molecule has 0 aliphatic heterocycles. The molecule has 3 rings (SSSR count). The van der Waals surface area contributed by atoms with Crippen LogP contribution in [0.4, 0.5) is 0 Å². The SMILES string of the molecule is CCC(O)[C@@]1(C)CC[C@@H]2C3=C(CC[C@H]2[C@@H]1CC)CC(=O)CC3. The predicted octanol–water partition coefficient (Wildman–Crippen LogP) is 4.66. The van der Waals surface area contributed by atoms with Crippen molar-refractivity contribution in [3.63, 3.8) is 0 Å². The molecule has 5 atom stereocenters. The lowest BCUT2D eigenvalue weighted by molar-refractivity contribution is -0.119. The Morgan fingerprint density at radius 3 is 2.68 bits per heavy atom. The number of aliphatic hydroxyl groups excluding tert-OH is 1. The largest absolute Gasteiger partial charge is 0.393 e. The number of allylic oxidation sites excluding steroid dienone is 2. The number of rotatable bonds is 3. The average molecular weight is 304 g/mol. The number of fused-ring (bicyclic) bond motifs is 2. The van der Waals surface area contributed by atoms with Gasteiger partial charge < -0.3 is 5.11 Å². The summed E-state index contributed by atoms with van der Waals surface area (Å²) in [4.78, 5) is 11.8. The maximum Gasteiger partial charge on any atom is 0.137 e. The van der Waals surface area contributed by atoms with Crippen LogP contribution < -0.4 is 0 Å².